The van der Waals surface area contributed by atoms with Gasteiger partial charge in [-0.15, -0.1) is 11.3 Å². The van der Waals surface area contributed by atoms with E-state index in [9.17, 15) is 17.6 Å². The van der Waals surface area contributed by atoms with Gasteiger partial charge in [-0.3, -0.25) is 4.79 Å². The van der Waals surface area contributed by atoms with Gasteiger partial charge >= 0.3 is 0 Å². The molecular formula is C20H16ClFN2O3S2. The number of thiazole rings is 1. The molecule has 0 saturated heterocycles. The van der Waals surface area contributed by atoms with Crippen LogP contribution in [0.1, 0.15) is 34.1 Å². The van der Waals surface area contributed by atoms with E-state index in [4.69, 9.17) is 11.6 Å². The second-order valence-corrected chi connectivity index (χ2v) is 10.2. The van der Waals surface area contributed by atoms with Crippen molar-refractivity contribution in [3.63, 3.8) is 0 Å². The van der Waals surface area contributed by atoms with Gasteiger partial charge in [0.05, 0.1) is 26.2 Å². The van der Waals surface area contributed by atoms with Gasteiger partial charge in [-0.1, -0.05) is 11.6 Å². The molecule has 1 aromatic heterocycles. The lowest BCUT2D eigenvalue weighted by atomic mass is 10.1. The number of amides is 1. The number of halogens is 2. The molecule has 1 fully saturated rings. The zero-order chi connectivity index (χ0) is 20.8. The Kier molecular flexibility index (Phi) is 5.18. The Morgan fingerprint density at radius 1 is 1.24 bits per heavy atom. The molecule has 5 nitrogen and oxygen atoms in total. The molecule has 1 heterocycles. The summed E-state index contributed by atoms with van der Waals surface area (Å²) in [6, 6.07) is 8.17. The number of rotatable bonds is 5. The topological polar surface area (TPSA) is 76.1 Å². The summed E-state index contributed by atoms with van der Waals surface area (Å²) in [7, 11) is -3.56. The predicted octanol–water partition coefficient (Wildman–Crippen LogP) is 5.14. The molecule has 0 aliphatic heterocycles. The number of nitrogens with one attached hydrogen (secondary N) is 1. The first kappa shape index (κ1) is 20.0. The third kappa shape index (κ3) is 4.34. The summed E-state index contributed by atoms with van der Waals surface area (Å²) in [6.07, 6.45) is 3.32. The molecule has 150 valence electrons. The van der Waals surface area contributed by atoms with Gasteiger partial charge in [0.2, 0.25) is 0 Å². The molecule has 1 saturated carbocycles. The lowest BCUT2D eigenvalue weighted by Crippen LogP contribution is -2.14. The maximum atomic E-state index is 14.2. The van der Waals surface area contributed by atoms with Crippen LogP contribution in [0.3, 0.4) is 0 Å². The van der Waals surface area contributed by atoms with Gasteiger partial charge in [-0.05, 0) is 49.2 Å². The number of hydrogen-bond donors (Lipinski definition) is 1. The number of aromatic nitrogens is 1. The van der Waals surface area contributed by atoms with E-state index >= 15 is 0 Å². The van der Waals surface area contributed by atoms with Gasteiger partial charge < -0.3 is 5.32 Å². The van der Waals surface area contributed by atoms with Crippen LogP contribution in [-0.2, 0) is 9.84 Å². The Morgan fingerprint density at radius 3 is 2.62 bits per heavy atom. The van der Waals surface area contributed by atoms with E-state index < -0.39 is 21.6 Å². The normalized spacial score (nSPS) is 14.0. The van der Waals surface area contributed by atoms with Gasteiger partial charge in [0.15, 0.2) is 9.84 Å². The first-order valence-corrected chi connectivity index (χ1v) is 11.9. The molecular weight excluding hydrogens is 435 g/mol. The van der Waals surface area contributed by atoms with Crippen molar-refractivity contribution in [2.45, 2.75) is 23.7 Å². The lowest BCUT2D eigenvalue weighted by molar-refractivity contribution is 0.102. The summed E-state index contributed by atoms with van der Waals surface area (Å²) >= 11 is 7.99. The van der Waals surface area contributed by atoms with E-state index in [-0.39, 0.29) is 10.5 Å². The fraction of sp³-hybridized carbons (Fsp3) is 0.200. The molecule has 0 bridgehead atoms. The van der Waals surface area contributed by atoms with Crippen LogP contribution in [0.5, 0.6) is 0 Å². The van der Waals surface area contributed by atoms with Gasteiger partial charge in [-0.25, -0.2) is 17.8 Å². The molecule has 0 atom stereocenters. The maximum absolute atomic E-state index is 14.2. The molecule has 9 heteroatoms. The molecule has 0 unspecified atom stereocenters. The summed E-state index contributed by atoms with van der Waals surface area (Å²) in [5.41, 5.74) is 1.69. The van der Waals surface area contributed by atoms with Crippen LogP contribution >= 0.6 is 22.9 Å². The van der Waals surface area contributed by atoms with Crippen LogP contribution in [0.2, 0.25) is 5.02 Å². The third-order valence-corrected chi connectivity index (χ3v) is 6.99. The molecule has 4 rings (SSSR count). The fourth-order valence-electron chi connectivity index (χ4n) is 2.84. The Morgan fingerprint density at radius 2 is 2.00 bits per heavy atom. The predicted molar refractivity (Wildman–Crippen MR) is 112 cm³/mol. The van der Waals surface area contributed by atoms with Crippen molar-refractivity contribution in [1.82, 2.24) is 4.98 Å². The largest absolute Gasteiger partial charge is 0.322 e. The Bertz CT molecular complexity index is 1220. The molecule has 1 aliphatic carbocycles. The second-order valence-electron chi connectivity index (χ2n) is 6.91. The Hall–Kier alpha value is -2.29. The van der Waals surface area contributed by atoms with Gasteiger partial charge in [0.1, 0.15) is 5.82 Å². The number of benzene rings is 2. The highest BCUT2D eigenvalue weighted by Gasteiger charge is 2.27. The maximum Gasteiger partial charge on any atom is 0.258 e. The molecule has 0 radical (unpaired) electrons. The fourth-order valence-corrected chi connectivity index (χ4v) is 4.74. The van der Waals surface area contributed by atoms with Crippen LogP contribution in [0.15, 0.2) is 46.7 Å². The number of sulfone groups is 1. The molecule has 1 N–H and O–H groups in total. The highest BCUT2D eigenvalue weighted by molar-refractivity contribution is 7.90. The highest BCUT2D eigenvalue weighted by Crippen LogP contribution is 2.43. The summed E-state index contributed by atoms with van der Waals surface area (Å²) in [5, 5.41) is 6.08. The molecule has 3 aromatic rings. The number of hydrogen-bond acceptors (Lipinski definition) is 5. The minimum atomic E-state index is -3.56. The average Bonchev–Trinajstić information content (AvgIpc) is 3.38. The number of carbonyl (C=O) groups excluding carboxylic acids is 1. The second kappa shape index (κ2) is 7.51. The van der Waals surface area contributed by atoms with Crippen molar-refractivity contribution in [2.75, 3.05) is 11.6 Å². The van der Waals surface area contributed by atoms with Crippen LogP contribution in [0.4, 0.5) is 10.1 Å². The quantitative estimate of drug-likeness (QED) is 0.584. The van der Waals surface area contributed by atoms with Crippen LogP contribution in [0, 0.1) is 5.82 Å². The van der Waals surface area contributed by atoms with Crippen molar-refractivity contribution in [2.24, 2.45) is 0 Å². The summed E-state index contributed by atoms with van der Waals surface area (Å²) < 4.78 is 37.2. The molecule has 1 amide bonds. The van der Waals surface area contributed by atoms with E-state index in [1.165, 1.54) is 18.9 Å². The zero-order valence-electron chi connectivity index (χ0n) is 15.3. The van der Waals surface area contributed by atoms with Crippen LogP contribution in [0.25, 0.3) is 11.3 Å². The first-order chi connectivity index (χ1) is 13.7. The van der Waals surface area contributed by atoms with Gasteiger partial charge in [0, 0.05) is 28.8 Å². The Labute approximate surface area is 176 Å². The SMILES string of the molecule is CS(=O)(=O)c1ccc(C(=O)Nc2ccc(-c3csc(C4CC4)n3)c(Cl)c2)c(F)c1. The smallest absolute Gasteiger partial charge is 0.258 e. The zero-order valence-corrected chi connectivity index (χ0v) is 17.7. The van der Waals surface area contributed by atoms with Crippen molar-refractivity contribution < 1.29 is 17.6 Å². The van der Waals surface area contributed by atoms with E-state index in [0.717, 1.165) is 34.7 Å². The van der Waals surface area contributed by atoms with E-state index in [1.807, 2.05) is 5.38 Å². The van der Waals surface area contributed by atoms with E-state index in [1.54, 1.807) is 29.5 Å². The van der Waals surface area contributed by atoms with Gasteiger partial charge in [-0.2, -0.15) is 0 Å². The lowest BCUT2D eigenvalue weighted by Gasteiger charge is -2.09. The summed E-state index contributed by atoms with van der Waals surface area (Å²) in [5.74, 6) is -1.05. The molecule has 1 aliphatic rings. The summed E-state index contributed by atoms with van der Waals surface area (Å²) in [6.45, 7) is 0. The first-order valence-electron chi connectivity index (χ1n) is 8.78. The minimum Gasteiger partial charge on any atom is -0.322 e. The standard InChI is InChI=1S/C20H16ClFN2O3S2/c1-29(26,27)13-5-7-15(17(22)9-13)19(25)23-12-4-6-14(16(21)8-12)18-10-28-20(24-18)11-2-3-11/h4-11H,2-3H2,1H3,(H,23,25). The van der Waals surface area contributed by atoms with Gasteiger partial charge in [0.25, 0.3) is 5.91 Å². The van der Waals surface area contributed by atoms with Crippen molar-refractivity contribution in [3.05, 3.63) is 63.2 Å². The van der Waals surface area contributed by atoms with Crippen LogP contribution in [-0.4, -0.2) is 25.6 Å². The minimum absolute atomic E-state index is 0.187. The highest BCUT2D eigenvalue weighted by atomic mass is 35.5. The average molecular weight is 451 g/mol. The third-order valence-electron chi connectivity index (χ3n) is 4.56. The van der Waals surface area contributed by atoms with E-state index in [0.29, 0.717) is 16.6 Å². The van der Waals surface area contributed by atoms with Crippen molar-refractivity contribution in [1.29, 1.82) is 0 Å². The molecule has 29 heavy (non-hydrogen) atoms. The molecule has 2 aromatic carbocycles. The summed E-state index contributed by atoms with van der Waals surface area (Å²) in [4.78, 5) is 16.8. The molecule has 0 spiro atoms. The number of nitrogens with zero attached hydrogens (tertiary/aromatic N) is 1. The van der Waals surface area contributed by atoms with E-state index in [2.05, 4.69) is 10.3 Å². The Balaban J connectivity index is 1.53. The van der Waals surface area contributed by atoms with Crippen LogP contribution < -0.4 is 5.32 Å². The van der Waals surface area contributed by atoms with Crippen molar-refractivity contribution >= 4 is 44.4 Å². The number of carbonyl (C=O) groups is 1. The van der Waals surface area contributed by atoms with Crippen molar-refractivity contribution in [3.8, 4) is 11.3 Å². The monoisotopic (exact) mass is 450 g/mol. The number of anilines is 1.